The van der Waals surface area contributed by atoms with Crippen molar-refractivity contribution >= 4 is 5.97 Å². The van der Waals surface area contributed by atoms with Gasteiger partial charge in [-0.25, -0.2) is 4.79 Å². The monoisotopic (exact) mass is 182 g/mol. The number of aliphatic hydroxyl groups is 1. The van der Waals surface area contributed by atoms with Gasteiger partial charge in [0.25, 0.3) is 0 Å². The number of hydrogen-bond acceptors (Lipinski definition) is 3. The average Bonchev–Trinajstić information content (AvgIpc) is 2.44. The Morgan fingerprint density at radius 3 is 3.00 bits per heavy atom. The van der Waals surface area contributed by atoms with Crippen LogP contribution in [0.2, 0.25) is 0 Å². The largest absolute Gasteiger partial charge is 0.424 e. The van der Waals surface area contributed by atoms with Crippen molar-refractivity contribution in [1.29, 1.82) is 0 Å². The lowest BCUT2D eigenvalue weighted by molar-refractivity contribution is -0.133. The second-order valence-corrected chi connectivity index (χ2v) is 2.90. The van der Waals surface area contributed by atoms with Crippen LogP contribution in [0.5, 0.6) is 0 Å². The Labute approximate surface area is 77.7 Å². The van der Waals surface area contributed by atoms with Crippen molar-refractivity contribution in [3.05, 3.63) is 23.5 Å². The first-order chi connectivity index (χ1) is 6.27. The van der Waals surface area contributed by atoms with Crippen molar-refractivity contribution in [2.45, 2.75) is 26.2 Å². The van der Waals surface area contributed by atoms with Gasteiger partial charge in [0.2, 0.25) is 0 Å². The van der Waals surface area contributed by atoms with E-state index in [1.54, 1.807) is 6.08 Å². The third-order valence-electron chi connectivity index (χ3n) is 1.80. The van der Waals surface area contributed by atoms with Crippen LogP contribution in [0.15, 0.2) is 23.5 Å². The number of carbonyl (C=O) groups excluding carboxylic acids is 1. The van der Waals surface area contributed by atoms with Crippen LogP contribution >= 0.6 is 0 Å². The molecule has 0 spiro atoms. The van der Waals surface area contributed by atoms with E-state index in [-0.39, 0.29) is 12.6 Å². The molecule has 13 heavy (non-hydrogen) atoms. The van der Waals surface area contributed by atoms with Gasteiger partial charge < -0.3 is 9.84 Å². The van der Waals surface area contributed by atoms with Crippen molar-refractivity contribution in [3.63, 3.8) is 0 Å². The van der Waals surface area contributed by atoms with E-state index in [0.717, 1.165) is 6.42 Å². The van der Waals surface area contributed by atoms with Gasteiger partial charge in [-0.15, -0.1) is 0 Å². The summed E-state index contributed by atoms with van der Waals surface area (Å²) >= 11 is 0. The first-order valence-corrected chi connectivity index (χ1v) is 4.51. The molecule has 1 rings (SSSR count). The molecular weight excluding hydrogens is 168 g/mol. The van der Waals surface area contributed by atoms with Crippen LogP contribution in [-0.2, 0) is 9.53 Å². The maximum absolute atomic E-state index is 11.2. The van der Waals surface area contributed by atoms with Gasteiger partial charge in [-0.05, 0) is 31.4 Å². The van der Waals surface area contributed by atoms with E-state index >= 15 is 0 Å². The van der Waals surface area contributed by atoms with E-state index in [1.165, 1.54) is 0 Å². The van der Waals surface area contributed by atoms with Gasteiger partial charge in [-0.1, -0.05) is 6.92 Å². The van der Waals surface area contributed by atoms with Crippen LogP contribution in [0.3, 0.4) is 0 Å². The summed E-state index contributed by atoms with van der Waals surface area (Å²) in [4.78, 5) is 11.2. The Kier molecular flexibility index (Phi) is 3.71. The van der Waals surface area contributed by atoms with Crippen LogP contribution < -0.4 is 0 Å². The standard InChI is InChI=1S/C10H14O3/c1-2-4-9-7-8(5-3-6-11)10(12)13-9/h4,7,11H,2-3,5-6H2,1H3. The molecule has 0 atom stereocenters. The lowest BCUT2D eigenvalue weighted by Gasteiger charge is -1.95. The molecule has 0 bridgehead atoms. The first-order valence-electron chi connectivity index (χ1n) is 4.51. The maximum atomic E-state index is 11.2. The van der Waals surface area contributed by atoms with Crippen molar-refractivity contribution in [3.8, 4) is 0 Å². The summed E-state index contributed by atoms with van der Waals surface area (Å²) in [7, 11) is 0. The molecule has 72 valence electrons. The number of cyclic esters (lactones) is 1. The van der Waals surface area contributed by atoms with Crippen molar-refractivity contribution in [2.75, 3.05) is 6.61 Å². The Balaban J connectivity index is 2.57. The molecule has 0 saturated heterocycles. The van der Waals surface area contributed by atoms with E-state index in [4.69, 9.17) is 9.84 Å². The van der Waals surface area contributed by atoms with Crippen LogP contribution in [-0.4, -0.2) is 17.7 Å². The summed E-state index contributed by atoms with van der Waals surface area (Å²) in [6.07, 6.45) is 5.68. The SMILES string of the molecule is CCC=C1C=C(CCCO)C(=O)O1. The molecular formula is C10H14O3. The zero-order valence-corrected chi connectivity index (χ0v) is 7.75. The molecule has 0 saturated carbocycles. The summed E-state index contributed by atoms with van der Waals surface area (Å²) in [5.41, 5.74) is 0.661. The highest BCUT2D eigenvalue weighted by molar-refractivity contribution is 5.92. The molecule has 0 aromatic rings. The number of carbonyl (C=O) groups is 1. The molecule has 0 amide bonds. The minimum Gasteiger partial charge on any atom is -0.424 e. The zero-order chi connectivity index (χ0) is 9.68. The predicted molar refractivity (Wildman–Crippen MR) is 48.9 cm³/mol. The van der Waals surface area contributed by atoms with Gasteiger partial charge in [0, 0.05) is 12.2 Å². The number of aliphatic hydroxyl groups excluding tert-OH is 1. The molecule has 0 radical (unpaired) electrons. The minimum absolute atomic E-state index is 0.109. The molecule has 1 N–H and O–H groups in total. The fourth-order valence-corrected chi connectivity index (χ4v) is 1.18. The lowest BCUT2D eigenvalue weighted by atomic mass is 10.1. The van der Waals surface area contributed by atoms with Crippen LogP contribution in [0, 0.1) is 0 Å². The molecule has 3 heteroatoms. The lowest BCUT2D eigenvalue weighted by Crippen LogP contribution is -1.99. The number of hydrogen-bond donors (Lipinski definition) is 1. The molecule has 1 aliphatic heterocycles. The third-order valence-corrected chi connectivity index (χ3v) is 1.80. The summed E-state index contributed by atoms with van der Waals surface area (Å²) in [6, 6.07) is 0. The molecule has 1 aliphatic rings. The van der Waals surface area contributed by atoms with E-state index in [2.05, 4.69) is 0 Å². The summed E-state index contributed by atoms with van der Waals surface area (Å²) < 4.78 is 4.96. The summed E-state index contributed by atoms with van der Waals surface area (Å²) in [5, 5.41) is 8.59. The Hall–Kier alpha value is -1.09. The van der Waals surface area contributed by atoms with E-state index in [0.29, 0.717) is 24.2 Å². The number of ether oxygens (including phenoxy) is 1. The zero-order valence-electron chi connectivity index (χ0n) is 7.75. The van der Waals surface area contributed by atoms with Crippen molar-refractivity contribution in [2.24, 2.45) is 0 Å². The van der Waals surface area contributed by atoms with Gasteiger partial charge in [0.15, 0.2) is 0 Å². The van der Waals surface area contributed by atoms with E-state index in [9.17, 15) is 4.79 Å². The second-order valence-electron chi connectivity index (χ2n) is 2.90. The van der Waals surface area contributed by atoms with Gasteiger partial charge in [0.1, 0.15) is 5.76 Å². The van der Waals surface area contributed by atoms with Gasteiger partial charge in [0.05, 0.1) is 0 Å². The summed E-state index contributed by atoms with van der Waals surface area (Å²) in [5.74, 6) is 0.369. The Morgan fingerprint density at radius 2 is 2.38 bits per heavy atom. The fraction of sp³-hybridized carbons (Fsp3) is 0.500. The van der Waals surface area contributed by atoms with E-state index in [1.807, 2.05) is 13.0 Å². The predicted octanol–water partition coefficient (Wildman–Crippen LogP) is 1.54. The average molecular weight is 182 g/mol. The highest BCUT2D eigenvalue weighted by atomic mass is 16.5. The Bertz CT molecular complexity index is 251. The highest BCUT2D eigenvalue weighted by Crippen LogP contribution is 2.20. The van der Waals surface area contributed by atoms with Gasteiger partial charge >= 0.3 is 5.97 Å². The molecule has 0 aliphatic carbocycles. The molecule has 0 unspecified atom stereocenters. The quantitative estimate of drug-likeness (QED) is 0.671. The second kappa shape index (κ2) is 4.82. The molecule has 0 aromatic heterocycles. The minimum atomic E-state index is -0.270. The van der Waals surface area contributed by atoms with Gasteiger partial charge in [-0.2, -0.15) is 0 Å². The van der Waals surface area contributed by atoms with Crippen LogP contribution in [0.1, 0.15) is 26.2 Å². The number of rotatable bonds is 4. The molecule has 0 fully saturated rings. The number of esters is 1. The summed E-state index contributed by atoms with van der Waals surface area (Å²) in [6.45, 7) is 2.10. The topological polar surface area (TPSA) is 46.5 Å². The fourth-order valence-electron chi connectivity index (χ4n) is 1.18. The molecule has 1 heterocycles. The van der Waals surface area contributed by atoms with Crippen LogP contribution in [0.4, 0.5) is 0 Å². The molecule has 0 aromatic carbocycles. The third kappa shape index (κ3) is 2.70. The van der Waals surface area contributed by atoms with Crippen molar-refractivity contribution in [1.82, 2.24) is 0 Å². The number of allylic oxidation sites excluding steroid dienone is 2. The highest BCUT2D eigenvalue weighted by Gasteiger charge is 2.19. The maximum Gasteiger partial charge on any atom is 0.339 e. The van der Waals surface area contributed by atoms with Crippen LogP contribution in [0.25, 0.3) is 0 Å². The van der Waals surface area contributed by atoms with E-state index < -0.39 is 0 Å². The Morgan fingerprint density at radius 1 is 1.62 bits per heavy atom. The molecule has 3 nitrogen and oxygen atoms in total. The van der Waals surface area contributed by atoms with Crippen molar-refractivity contribution < 1.29 is 14.6 Å². The smallest absolute Gasteiger partial charge is 0.339 e. The first kappa shape index (κ1) is 9.99. The van der Waals surface area contributed by atoms with Gasteiger partial charge in [-0.3, -0.25) is 0 Å². The normalized spacial score (nSPS) is 19.1.